The molecule has 1 aromatic carbocycles. The van der Waals surface area contributed by atoms with Crippen molar-refractivity contribution >= 4 is 40.3 Å². The summed E-state index contributed by atoms with van der Waals surface area (Å²) < 4.78 is 0.769. The van der Waals surface area contributed by atoms with Crippen LogP contribution in [0.25, 0.3) is 0 Å². The molecule has 2 aromatic rings. The Labute approximate surface area is 150 Å². The summed E-state index contributed by atoms with van der Waals surface area (Å²) in [5, 5.41) is 15.7. The van der Waals surface area contributed by atoms with E-state index in [1.165, 1.54) is 11.3 Å². The van der Waals surface area contributed by atoms with E-state index >= 15 is 0 Å². The Morgan fingerprint density at radius 1 is 1.29 bits per heavy atom. The highest BCUT2D eigenvalue weighted by molar-refractivity contribution is 7.73. The van der Waals surface area contributed by atoms with Gasteiger partial charge in [-0.3, -0.25) is 5.32 Å². The lowest BCUT2D eigenvalue weighted by molar-refractivity contribution is 0.262. The first-order chi connectivity index (χ1) is 11.6. The van der Waals surface area contributed by atoms with Gasteiger partial charge in [0.15, 0.2) is 0 Å². The summed E-state index contributed by atoms with van der Waals surface area (Å²) in [6, 6.07) is 11.1. The van der Waals surface area contributed by atoms with Crippen molar-refractivity contribution in [1.82, 2.24) is 0 Å². The van der Waals surface area contributed by atoms with Gasteiger partial charge in [0.1, 0.15) is 11.1 Å². The van der Waals surface area contributed by atoms with Gasteiger partial charge in [0.05, 0.1) is 9.39 Å². The lowest BCUT2D eigenvalue weighted by Crippen LogP contribution is -2.21. The minimum absolute atomic E-state index is 0.368. The zero-order valence-electron chi connectivity index (χ0n) is 13.3. The van der Waals surface area contributed by atoms with Gasteiger partial charge in [-0.15, -0.1) is 11.3 Å². The van der Waals surface area contributed by atoms with E-state index in [0.717, 1.165) is 34.2 Å². The smallest absolute Gasteiger partial charge is 0.308 e. The number of carbonyl (C=O) groups is 1. The number of carbonyl (C=O) groups excluding carboxylic acids is 1. The Balaban J connectivity index is 1.89. The molecule has 4 nitrogen and oxygen atoms in total. The molecular formula is C18H17N3OS2. The Bertz CT molecular complexity index is 868. The second kappa shape index (κ2) is 7.12. The van der Waals surface area contributed by atoms with Gasteiger partial charge >= 0.3 is 6.03 Å². The van der Waals surface area contributed by atoms with Gasteiger partial charge in [-0.2, -0.15) is 5.26 Å². The monoisotopic (exact) mass is 355 g/mol. The van der Waals surface area contributed by atoms with Crippen LogP contribution in [0.5, 0.6) is 0 Å². The zero-order valence-corrected chi connectivity index (χ0v) is 14.9. The maximum atomic E-state index is 12.2. The summed E-state index contributed by atoms with van der Waals surface area (Å²) in [6.07, 6.45) is 2.79. The average Bonchev–Trinajstić information content (AvgIpc) is 2.56. The molecule has 1 atom stereocenters. The van der Waals surface area contributed by atoms with Crippen LogP contribution < -0.4 is 10.6 Å². The third-order valence-electron chi connectivity index (χ3n) is 4.14. The molecule has 0 radical (unpaired) electrons. The molecular weight excluding hydrogens is 338 g/mol. The van der Waals surface area contributed by atoms with Crippen molar-refractivity contribution in [2.24, 2.45) is 5.92 Å². The van der Waals surface area contributed by atoms with Crippen LogP contribution in [0.4, 0.5) is 15.5 Å². The summed E-state index contributed by atoms with van der Waals surface area (Å²) in [6.45, 7) is 2.20. The highest BCUT2D eigenvalue weighted by Crippen LogP contribution is 2.35. The summed E-state index contributed by atoms with van der Waals surface area (Å²) in [5.74, 6) is 0.582. The van der Waals surface area contributed by atoms with E-state index in [0.29, 0.717) is 22.2 Å². The van der Waals surface area contributed by atoms with E-state index in [-0.39, 0.29) is 6.03 Å². The Kier molecular flexibility index (Phi) is 4.93. The fraction of sp³-hybridized carbons (Fsp3) is 0.278. The van der Waals surface area contributed by atoms with Gasteiger partial charge in [-0.05, 0) is 48.4 Å². The molecule has 6 heteroatoms. The van der Waals surface area contributed by atoms with Crippen LogP contribution in [0.2, 0.25) is 0 Å². The first kappa shape index (κ1) is 16.6. The molecule has 0 fully saturated rings. The molecule has 0 saturated heterocycles. The molecule has 0 aliphatic heterocycles. The number of rotatable bonds is 2. The van der Waals surface area contributed by atoms with Crippen molar-refractivity contribution in [3.8, 4) is 6.07 Å². The maximum Gasteiger partial charge on any atom is 0.324 e. The summed E-state index contributed by atoms with van der Waals surface area (Å²) >= 11 is 6.81. The number of anilines is 2. The standard InChI is InChI=1S/C18H17N3OS2/c1-11-7-8-13-14(9-11)17(23)24-16(15(13)10-19)21-18(22)20-12-5-3-2-4-6-12/h2-6,11H,7-9H2,1H3,(H2,20,21,22). The molecule has 1 unspecified atom stereocenters. The minimum atomic E-state index is -0.368. The highest BCUT2D eigenvalue weighted by Gasteiger charge is 2.23. The molecule has 122 valence electrons. The van der Waals surface area contributed by atoms with Crippen molar-refractivity contribution in [2.45, 2.75) is 26.2 Å². The van der Waals surface area contributed by atoms with E-state index in [2.05, 4.69) is 23.6 Å². The van der Waals surface area contributed by atoms with E-state index in [4.69, 9.17) is 12.2 Å². The van der Waals surface area contributed by atoms with Crippen LogP contribution >= 0.6 is 23.6 Å². The van der Waals surface area contributed by atoms with Gasteiger partial charge in [-0.1, -0.05) is 37.3 Å². The number of nitrogens with zero attached hydrogens (tertiary/aromatic N) is 1. The van der Waals surface area contributed by atoms with E-state index in [1.807, 2.05) is 18.2 Å². The molecule has 2 amide bonds. The molecule has 24 heavy (non-hydrogen) atoms. The van der Waals surface area contributed by atoms with Crippen molar-refractivity contribution in [3.05, 3.63) is 50.8 Å². The summed E-state index contributed by atoms with van der Waals surface area (Å²) in [5.41, 5.74) is 3.37. The van der Waals surface area contributed by atoms with Crippen molar-refractivity contribution < 1.29 is 4.79 Å². The van der Waals surface area contributed by atoms with Crippen LogP contribution in [-0.4, -0.2) is 6.03 Å². The summed E-state index contributed by atoms with van der Waals surface area (Å²) in [7, 11) is 0. The first-order valence-corrected chi connectivity index (χ1v) is 9.03. The molecule has 3 rings (SSSR count). The van der Waals surface area contributed by atoms with Crippen LogP contribution in [0, 0.1) is 21.1 Å². The normalized spacial score (nSPS) is 15.9. The number of nitrogens with one attached hydrogen (secondary N) is 2. The second-order valence-electron chi connectivity index (χ2n) is 5.96. The van der Waals surface area contributed by atoms with Crippen molar-refractivity contribution in [1.29, 1.82) is 5.26 Å². The highest BCUT2D eigenvalue weighted by atomic mass is 32.1. The van der Waals surface area contributed by atoms with Crippen LogP contribution in [-0.2, 0) is 12.8 Å². The second-order valence-corrected chi connectivity index (χ2v) is 7.64. The van der Waals surface area contributed by atoms with Crippen LogP contribution in [0.15, 0.2) is 30.3 Å². The first-order valence-electron chi connectivity index (χ1n) is 7.80. The summed E-state index contributed by atoms with van der Waals surface area (Å²) in [4.78, 5) is 12.2. The predicted molar refractivity (Wildman–Crippen MR) is 100 cm³/mol. The van der Waals surface area contributed by atoms with E-state index < -0.39 is 0 Å². The number of hydrogen-bond donors (Lipinski definition) is 2. The van der Waals surface area contributed by atoms with Gasteiger partial charge in [0.2, 0.25) is 0 Å². The number of nitriles is 1. The fourth-order valence-electron chi connectivity index (χ4n) is 2.93. The lowest BCUT2D eigenvalue weighted by atomic mass is 9.85. The van der Waals surface area contributed by atoms with Crippen LogP contribution in [0.3, 0.4) is 0 Å². The lowest BCUT2D eigenvalue weighted by Gasteiger charge is -2.23. The number of urea groups is 1. The largest absolute Gasteiger partial charge is 0.324 e. The quantitative estimate of drug-likeness (QED) is 0.735. The van der Waals surface area contributed by atoms with Crippen LogP contribution in [0.1, 0.15) is 30.0 Å². The third kappa shape index (κ3) is 3.48. The van der Waals surface area contributed by atoms with Crippen molar-refractivity contribution in [3.63, 3.8) is 0 Å². The minimum Gasteiger partial charge on any atom is -0.308 e. The zero-order chi connectivity index (χ0) is 17.1. The van der Waals surface area contributed by atoms with E-state index in [1.54, 1.807) is 12.1 Å². The number of benzene rings is 1. The molecule has 0 spiro atoms. The average molecular weight is 355 g/mol. The molecule has 1 aromatic heterocycles. The Morgan fingerprint density at radius 2 is 2.04 bits per heavy atom. The number of fused-ring (bicyclic) bond motifs is 1. The topological polar surface area (TPSA) is 64.9 Å². The fourth-order valence-corrected chi connectivity index (χ4v) is 4.32. The molecule has 1 aliphatic carbocycles. The van der Waals surface area contributed by atoms with Crippen molar-refractivity contribution in [2.75, 3.05) is 10.6 Å². The van der Waals surface area contributed by atoms with Gasteiger partial charge in [0.25, 0.3) is 0 Å². The molecule has 1 heterocycles. The Morgan fingerprint density at radius 3 is 2.75 bits per heavy atom. The van der Waals surface area contributed by atoms with Gasteiger partial charge in [0, 0.05) is 5.69 Å². The molecule has 0 saturated carbocycles. The predicted octanol–water partition coefficient (Wildman–Crippen LogP) is 5.12. The Hall–Kier alpha value is -2.23. The molecule has 1 aliphatic rings. The maximum absolute atomic E-state index is 12.2. The number of hydrogen-bond acceptors (Lipinski definition) is 4. The third-order valence-corrected chi connectivity index (χ3v) is 5.58. The molecule has 2 N–H and O–H groups in total. The molecule has 0 bridgehead atoms. The SMILES string of the molecule is CC1CCc2c(C#N)c(NC(=O)Nc3ccccc3)sc(=S)c2C1. The number of para-hydroxylation sites is 1. The van der Waals surface area contributed by atoms with Gasteiger partial charge in [-0.25, -0.2) is 4.79 Å². The number of amides is 2. The van der Waals surface area contributed by atoms with E-state index in [9.17, 15) is 10.1 Å². The van der Waals surface area contributed by atoms with Gasteiger partial charge < -0.3 is 5.32 Å².